The highest BCUT2D eigenvalue weighted by atomic mass is 16.3. The quantitative estimate of drug-likeness (QED) is 0.793. The average molecular weight is 254 g/mol. The Kier molecular flexibility index (Phi) is 5.01. The van der Waals surface area contributed by atoms with Gasteiger partial charge in [-0.1, -0.05) is 12.8 Å². The molecule has 18 heavy (non-hydrogen) atoms. The highest BCUT2D eigenvalue weighted by Gasteiger charge is 2.36. The molecule has 3 unspecified atom stereocenters. The van der Waals surface area contributed by atoms with Crippen LogP contribution in [-0.4, -0.2) is 41.7 Å². The lowest BCUT2D eigenvalue weighted by Gasteiger charge is -2.40. The average Bonchev–Trinajstić information content (AvgIpc) is 2.46. The number of rotatable bonds is 3. The van der Waals surface area contributed by atoms with Crippen molar-refractivity contribution in [3.8, 4) is 0 Å². The number of hydrogen-bond donors (Lipinski definition) is 2. The van der Waals surface area contributed by atoms with E-state index in [1.54, 1.807) is 0 Å². The van der Waals surface area contributed by atoms with E-state index in [-0.39, 0.29) is 24.5 Å². The van der Waals surface area contributed by atoms with Crippen molar-refractivity contribution in [1.29, 1.82) is 0 Å². The van der Waals surface area contributed by atoms with Gasteiger partial charge in [0.2, 0.25) is 5.91 Å². The Morgan fingerprint density at radius 3 is 2.61 bits per heavy atom. The van der Waals surface area contributed by atoms with Gasteiger partial charge < -0.3 is 15.7 Å². The van der Waals surface area contributed by atoms with Crippen LogP contribution in [-0.2, 0) is 4.79 Å². The zero-order chi connectivity index (χ0) is 13.0. The summed E-state index contributed by atoms with van der Waals surface area (Å²) in [6, 6.07) is 0.0478. The fraction of sp³-hybridized carbons (Fsp3) is 0.929. The number of hydrogen-bond acceptors (Lipinski definition) is 3. The summed E-state index contributed by atoms with van der Waals surface area (Å²) < 4.78 is 0. The third kappa shape index (κ3) is 2.86. The van der Waals surface area contributed by atoms with Gasteiger partial charge in [-0.15, -0.1) is 0 Å². The maximum Gasteiger partial charge on any atom is 0.226 e. The van der Waals surface area contributed by atoms with Crippen LogP contribution >= 0.6 is 0 Å². The predicted molar refractivity (Wildman–Crippen MR) is 70.9 cm³/mol. The molecule has 2 rings (SSSR count). The fourth-order valence-electron chi connectivity index (χ4n) is 3.51. The van der Waals surface area contributed by atoms with Crippen LogP contribution < -0.4 is 5.73 Å². The van der Waals surface area contributed by atoms with Crippen LogP contribution in [0.15, 0.2) is 0 Å². The zero-order valence-corrected chi connectivity index (χ0v) is 11.2. The van der Waals surface area contributed by atoms with E-state index in [2.05, 4.69) is 0 Å². The monoisotopic (exact) mass is 254 g/mol. The van der Waals surface area contributed by atoms with E-state index >= 15 is 0 Å². The maximum absolute atomic E-state index is 12.7. The molecule has 3 atom stereocenters. The van der Waals surface area contributed by atoms with Crippen molar-refractivity contribution in [2.45, 2.75) is 51.0 Å². The molecular weight excluding hydrogens is 228 g/mol. The third-order valence-electron chi connectivity index (χ3n) is 4.65. The summed E-state index contributed by atoms with van der Waals surface area (Å²) in [5, 5.41) is 9.41. The van der Waals surface area contributed by atoms with Crippen molar-refractivity contribution < 1.29 is 9.90 Å². The largest absolute Gasteiger partial charge is 0.394 e. The summed E-state index contributed by atoms with van der Waals surface area (Å²) in [5.74, 6) is 0.715. The Hall–Kier alpha value is -0.610. The molecule has 0 bridgehead atoms. The van der Waals surface area contributed by atoms with Crippen molar-refractivity contribution in [3.63, 3.8) is 0 Å². The molecule has 2 aliphatic rings. The molecule has 1 saturated heterocycles. The first-order valence-corrected chi connectivity index (χ1v) is 7.39. The summed E-state index contributed by atoms with van der Waals surface area (Å²) in [5.41, 5.74) is 5.81. The number of carbonyl (C=O) groups is 1. The lowest BCUT2D eigenvalue weighted by atomic mass is 9.78. The summed E-state index contributed by atoms with van der Waals surface area (Å²) in [4.78, 5) is 14.6. The van der Waals surface area contributed by atoms with Gasteiger partial charge in [0.15, 0.2) is 0 Å². The molecule has 1 heterocycles. The Balaban J connectivity index is 2.03. The second-order valence-electron chi connectivity index (χ2n) is 5.75. The molecule has 0 aromatic carbocycles. The van der Waals surface area contributed by atoms with Crippen LogP contribution in [0.25, 0.3) is 0 Å². The molecular formula is C14H26N2O2. The molecule has 4 nitrogen and oxygen atoms in total. The van der Waals surface area contributed by atoms with Gasteiger partial charge in [0.05, 0.1) is 12.6 Å². The molecule has 1 aliphatic heterocycles. The van der Waals surface area contributed by atoms with E-state index in [4.69, 9.17) is 5.73 Å². The number of nitrogens with two attached hydrogens (primary N) is 1. The molecule has 1 aliphatic carbocycles. The van der Waals surface area contributed by atoms with Crippen molar-refractivity contribution in [3.05, 3.63) is 0 Å². The number of piperidine rings is 1. The van der Waals surface area contributed by atoms with Gasteiger partial charge in [0.25, 0.3) is 0 Å². The smallest absolute Gasteiger partial charge is 0.226 e. The van der Waals surface area contributed by atoms with Gasteiger partial charge in [-0.25, -0.2) is 0 Å². The second kappa shape index (κ2) is 6.53. The molecule has 0 spiro atoms. The first-order valence-electron chi connectivity index (χ1n) is 7.39. The molecule has 1 saturated carbocycles. The van der Waals surface area contributed by atoms with Crippen molar-refractivity contribution in [1.82, 2.24) is 4.90 Å². The first-order chi connectivity index (χ1) is 8.77. The Labute approximate surface area is 110 Å². The third-order valence-corrected chi connectivity index (χ3v) is 4.65. The van der Waals surface area contributed by atoms with E-state index in [0.717, 1.165) is 45.1 Å². The van der Waals surface area contributed by atoms with Crippen LogP contribution in [0, 0.1) is 11.8 Å². The van der Waals surface area contributed by atoms with Gasteiger partial charge in [0.1, 0.15) is 0 Å². The van der Waals surface area contributed by atoms with E-state index in [9.17, 15) is 9.90 Å². The van der Waals surface area contributed by atoms with E-state index in [1.807, 2.05) is 4.90 Å². The lowest BCUT2D eigenvalue weighted by Crippen LogP contribution is -2.50. The first kappa shape index (κ1) is 13.8. The van der Waals surface area contributed by atoms with Gasteiger partial charge >= 0.3 is 0 Å². The van der Waals surface area contributed by atoms with Crippen LogP contribution in [0.3, 0.4) is 0 Å². The highest BCUT2D eigenvalue weighted by molar-refractivity contribution is 5.79. The minimum Gasteiger partial charge on any atom is -0.394 e. The van der Waals surface area contributed by atoms with Crippen molar-refractivity contribution >= 4 is 5.91 Å². The molecule has 0 radical (unpaired) electrons. The zero-order valence-electron chi connectivity index (χ0n) is 11.2. The van der Waals surface area contributed by atoms with Gasteiger partial charge in [0, 0.05) is 12.5 Å². The van der Waals surface area contributed by atoms with Crippen LogP contribution in [0.4, 0.5) is 0 Å². The SMILES string of the molecule is NCC1CCCCC1C(=O)N1CCCCC1CO. The summed E-state index contributed by atoms with van der Waals surface area (Å²) in [6.45, 7) is 1.54. The van der Waals surface area contributed by atoms with Crippen LogP contribution in [0.1, 0.15) is 44.9 Å². The fourth-order valence-corrected chi connectivity index (χ4v) is 3.51. The van der Waals surface area contributed by atoms with E-state index in [0.29, 0.717) is 12.5 Å². The van der Waals surface area contributed by atoms with Gasteiger partial charge in [-0.05, 0) is 44.6 Å². The highest BCUT2D eigenvalue weighted by Crippen LogP contribution is 2.32. The van der Waals surface area contributed by atoms with Crippen molar-refractivity contribution in [2.75, 3.05) is 19.7 Å². The standard InChI is InChI=1S/C14H26N2O2/c15-9-11-5-1-2-7-13(11)14(18)16-8-4-3-6-12(16)10-17/h11-13,17H,1-10,15H2. The van der Waals surface area contributed by atoms with E-state index in [1.165, 1.54) is 6.42 Å². The molecule has 2 fully saturated rings. The van der Waals surface area contributed by atoms with Crippen LogP contribution in [0.2, 0.25) is 0 Å². The summed E-state index contributed by atoms with van der Waals surface area (Å²) >= 11 is 0. The number of likely N-dealkylation sites (tertiary alicyclic amines) is 1. The number of aliphatic hydroxyl groups is 1. The number of aliphatic hydroxyl groups excluding tert-OH is 1. The number of nitrogens with zero attached hydrogens (tertiary/aromatic N) is 1. The van der Waals surface area contributed by atoms with Gasteiger partial charge in [-0.2, -0.15) is 0 Å². The maximum atomic E-state index is 12.7. The number of amides is 1. The summed E-state index contributed by atoms with van der Waals surface area (Å²) in [6.07, 6.45) is 7.56. The minimum atomic E-state index is 0.0478. The molecule has 3 N–H and O–H groups in total. The summed E-state index contributed by atoms with van der Waals surface area (Å²) in [7, 11) is 0. The Morgan fingerprint density at radius 1 is 1.17 bits per heavy atom. The second-order valence-corrected chi connectivity index (χ2v) is 5.75. The Bertz CT molecular complexity index is 257. The molecule has 4 heteroatoms. The van der Waals surface area contributed by atoms with Crippen LogP contribution in [0.5, 0.6) is 0 Å². The molecule has 0 aromatic heterocycles. The van der Waals surface area contributed by atoms with Gasteiger partial charge in [-0.3, -0.25) is 4.79 Å². The molecule has 0 aromatic rings. The predicted octanol–water partition coefficient (Wildman–Crippen LogP) is 1.12. The molecule has 104 valence electrons. The van der Waals surface area contributed by atoms with E-state index < -0.39 is 0 Å². The minimum absolute atomic E-state index is 0.0478. The lowest BCUT2D eigenvalue weighted by molar-refractivity contribution is -0.143. The molecule has 1 amide bonds. The van der Waals surface area contributed by atoms with Crippen molar-refractivity contribution in [2.24, 2.45) is 17.6 Å². The normalized spacial score (nSPS) is 33.4. The topological polar surface area (TPSA) is 66.6 Å². The number of carbonyl (C=O) groups excluding carboxylic acids is 1. The Morgan fingerprint density at radius 2 is 1.89 bits per heavy atom.